The number of ether oxygens (including phenoxy) is 2. The number of nitrogens with zero attached hydrogens (tertiary/aromatic N) is 4. The van der Waals surface area contributed by atoms with Crippen LogP contribution in [0.25, 0.3) is 0 Å². The van der Waals surface area contributed by atoms with Gasteiger partial charge in [-0.15, -0.1) is 0 Å². The Hall–Kier alpha value is -2.94. The molecule has 2 aromatic carbocycles. The van der Waals surface area contributed by atoms with Crippen molar-refractivity contribution in [2.45, 2.75) is 32.7 Å². The Balaban J connectivity index is 1.53. The number of likely N-dealkylation sites (N-methyl/N-ethyl adjacent to an activating group) is 1. The number of aliphatic hydroxyl groups is 1. The molecule has 32 heavy (non-hydrogen) atoms. The lowest BCUT2D eigenvalue weighted by molar-refractivity contribution is 0.0732. The molecule has 172 valence electrons. The summed E-state index contributed by atoms with van der Waals surface area (Å²) in [6.07, 6.45) is -0.623. The van der Waals surface area contributed by atoms with Gasteiger partial charge in [-0.2, -0.15) is 0 Å². The summed E-state index contributed by atoms with van der Waals surface area (Å²) in [5.41, 5.74) is 3.88. The number of hydrogen-bond donors (Lipinski definition) is 1. The maximum Gasteiger partial charge on any atom is 0.161 e. The van der Waals surface area contributed by atoms with Crippen molar-refractivity contribution in [1.82, 2.24) is 20.1 Å². The van der Waals surface area contributed by atoms with Crippen LogP contribution in [0.2, 0.25) is 0 Å². The van der Waals surface area contributed by atoms with Crippen molar-refractivity contribution < 1.29 is 19.2 Å². The number of aromatic nitrogens is 2. The summed E-state index contributed by atoms with van der Waals surface area (Å²) in [5.74, 6) is 1.25. The average Bonchev–Trinajstić information content (AvgIpc) is 3.17. The highest BCUT2D eigenvalue weighted by Crippen LogP contribution is 2.29. The van der Waals surface area contributed by atoms with E-state index >= 15 is 0 Å². The van der Waals surface area contributed by atoms with E-state index in [1.807, 2.05) is 57.4 Å². The lowest BCUT2D eigenvalue weighted by atomic mass is 10.2. The Morgan fingerprint density at radius 1 is 0.938 bits per heavy atom. The van der Waals surface area contributed by atoms with Crippen molar-refractivity contribution in [1.29, 1.82) is 0 Å². The summed E-state index contributed by atoms with van der Waals surface area (Å²) in [4.78, 5) is 4.19. The largest absolute Gasteiger partial charge is 0.493 e. The van der Waals surface area contributed by atoms with E-state index in [0.717, 1.165) is 23.5 Å². The third-order valence-electron chi connectivity index (χ3n) is 5.10. The number of aliphatic hydroxyl groups excluding tert-OH is 1. The summed E-state index contributed by atoms with van der Waals surface area (Å²) >= 11 is 0. The molecular weight excluding hydrogens is 408 g/mol. The predicted molar refractivity (Wildman–Crippen MR) is 121 cm³/mol. The van der Waals surface area contributed by atoms with Gasteiger partial charge < -0.3 is 14.6 Å². The van der Waals surface area contributed by atoms with Crippen LogP contribution < -0.4 is 9.47 Å². The minimum Gasteiger partial charge on any atom is -0.493 e. The zero-order valence-electron chi connectivity index (χ0n) is 19.2. The van der Waals surface area contributed by atoms with Crippen molar-refractivity contribution in [2.75, 3.05) is 34.4 Å². The molecular formula is C24H32N4O4. The van der Waals surface area contributed by atoms with Crippen LogP contribution in [0.15, 0.2) is 53.2 Å². The van der Waals surface area contributed by atoms with Crippen LogP contribution in [0, 0.1) is 6.92 Å². The minimum absolute atomic E-state index is 0.179. The first-order valence-corrected chi connectivity index (χ1v) is 10.6. The summed E-state index contributed by atoms with van der Waals surface area (Å²) in [6, 6.07) is 16.0. The molecule has 0 saturated carbocycles. The fourth-order valence-corrected chi connectivity index (χ4v) is 3.51. The Morgan fingerprint density at radius 3 is 2.38 bits per heavy atom. The van der Waals surface area contributed by atoms with Gasteiger partial charge in [-0.1, -0.05) is 46.7 Å². The van der Waals surface area contributed by atoms with Crippen LogP contribution >= 0.6 is 0 Å². The van der Waals surface area contributed by atoms with E-state index in [-0.39, 0.29) is 6.61 Å². The SMILES string of the molecule is COc1ccc(CN(C)Cc2nonc2C)cc1OC[C@H](O)CN(C)Cc1ccccc1. The van der Waals surface area contributed by atoms with Gasteiger partial charge in [-0.3, -0.25) is 9.80 Å². The molecule has 1 heterocycles. The molecule has 0 aliphatic carbocycles. The first-order valence-electron chi connectivity index (χ1n) is 10.6. The molecule has 1 atom stereocenters. The Bertz CT molecular complexity index is 964. The van der Waals surface area contributed by atoms with Gasteiger partial charge in [-0.25, -0.2) is 4.63 Å². The lowest BCUT2D eigenvalue weighted by Gasteiger charge is -2.22. The summed E-state index contributed by atoms with van der Waals surface area (Å²) < 4.78 is 16.1. The van der Waals surface area contributed by atoms with E-state index in [1.54, 1.807) is 7.11 Å². The maximum atomic E-state index is 10.5. The molecule has 0 aliphatic rings. The van der Waals surface area contributed by atoms with Crippen LogP contribution in [-0.4, -0.2) is 65.7 Å². The topological polar surface area (TPSA) is 84.1 Å². The van der Waals surface area contributed by atoms with Gasteiger partial charge in [0.15, 0.2) is 11.5 Å². The van der Waals surface area contributed by atoms with Crippen LogP contribution in [-0.2, 0) is 19.6 Å². The minimum atomic E-state index is -0.623. The number of hydrogen-bond acceptors (Lipinski definition) is 8. The first kappa shape index (κ1) is 23.7. The van der Waals surface area contributed by atoms with Gasteiger partial charge in [0.2, 0.25) is 0 Å². The smallest absolute Gasteiger partial charge is 0.161 e. The first-order chi connectivity index (χ1) is 15.4. The van der Waals surface area contributed by atoms with Gasteiger partial charge in [0.25, 0.3) is 0 Å². The van der Waals surface area contributed by atoms with E-state index < -0.39 is 6.10 Å². The molecule has 3 rings (SSSR count). The number of rotatable bonds is 12. The van der Waals surface area contributed by atoms with Crippen molar-refractivity contribution in [2.24, 2.45) is 0 Å². The third-order valence-corrected chi connectivity index (χ3v) is 5.10. The molecule has 0 unspecified atom stereocenters. The number of aryl methyl sites for hydroxylation is 1. The standard InChI is InChI=1S/C24H32N4O4/c1-18-22(26-32-25-18)16-28(3)14-20-10-11-23(30-4)24(12-20)31-17-21(29)15-27(2)13-19-8-6-5-7-9-19/h5-12,21,29H,13-17H2,1-4H3/t21-/m1/s1. The van der Waals surface area contributed by atoms with Crippen molar-refractivity contribution in [3.8, 4) is 11.5 Å². The molecule has 8 nitrogen and oxygen atoms in total. The monoisotopic (exact) mass is 440 g/mol. The molecule has 0 fully saturated rings. The zero-order valence-corrected chi connectivity index (χ0v) is 19.2. The van der Waals surface area contributed by atoms with E-state index in [2.05, 4.69) is 32.2 Å². The van der Waals surface area contributed by atoms with E-state index in [1.165, 1.54) is 5.56 Å². The molecule has 0 spiro atoms. The number of benzene rings is 2. The predicted octanol–water partition coefficient (Wildman–Crippen LogP) is 2.89. The van der Waals surface area contributed by atoms with E-state index in [0.29, 0.717) is 31.1 Å². The fourth-order valence-electron chi connectivity index (χ4n) is 3.51. The quantitative estimate of drug-likeness (QED) is 0.460. The molecule has 0 amide bonds. The third kappa shape index (κ3) is 7.05. The molecule has 3 aromatic rings. The summed E-state index contributed by atoms with van der Waals surface area (Å²) in [5, 5.41) is 18.2. The van der Waals surface area contributed by atoms with Crippen LogP contribution in [0.1, 0.15) is 22.5 Å². The second kappa shape index (κ2) is 11.6. The Labute approximate surface area is 189 Å². The second-order valence-corrected chi connectivity index (χ2v) is 8.10. The van der Waals surface area contributed by atoms with Crippen molar-refractivity contribution in [3.63, 3.8) is 0 Å². The van der Waals surface area contributed by atoms with Crippen LogP contribution in [0.4, 0.5) is 0 Å². The van der Waals surface area contributed by atoms with Crippen LogP contribution in [0.3, 0.4) is 0 Å². The highest BCUT2D eigenvalue weighted by atomic mass is 16.6. The van der Waals surface area contributed by atoms with E-state index in [4.69, 9.17) is 14.1 Å². The molecule has 0 radical (unpaired) electrons. The van der Waals surface area contributed by atoms with E-state index in [9.17, 15) is 5.11 Å². The molecule has 0 saturated heterocycles. The Morgan fingerprint density at radius 2 is 1.69 bits per heavy atom. The van der Waals surface area contributed by atoms with Gasteiger partial charge in [-0.05, 0) is 44.3 Å². The molecule has 0 bridgehead atoms. The average molecular weight is 441 g/mol. The highest BCUT2D eigenvalue weighted by molar-refractivity contribution is 5.43. The summed E-state index contributed by atoms with van der Waals surface area (Å²) in [7, 11) is 5.60. The van der Waals surface area contributed by atoms with Gasteiger partial charge in [0, 0.05) is 26.2 Å². The molecule has 0 aliphatic heterocycles. The maximum absolute atomic E-state index is 10.5. The highest BCUT2D eigenvalue weighted by Gasteiger charge is 2.14. The van der Waals surface area contributed by atoms with Gasteiger partial charge in [0.05, 0.1) is 7.11 Å². The van der Waals surface area contributed by atoms with Crippen molar-refractivity contribution in [3.05, 3.63) is 71.0 Å². The second-order valence-electron chi connectivity index (χ2n) is 8.10. The number of methoxy groups -OCH3 is 1. The van der Waals surface area contributed by atoms with Gasteiger partial charge >= 0.3 is 0 Å². The fraction of sp³-hybridized carbons (Fsp3) is 0.417. The normalized spacial score (nSPS) is 12.3. The molecule has 1 N–H and O–H groups in total. The lowest BCUT2D eigenvalue weighted by Crippen LogP contribution is -2.32. The molecule has 1 aromatic heterocycles. The Kier molecular flexibility index (Phi) is 8.61. The molecule has 8 heteroatoms. The van der Waals surface area contributed by atoms with Gasteiger partial charge in [0.1, 0.15) is 24.1 Å². The van der Waals surface area contributed by atoms with Crippen molar-refractivity contribution >= 4 is 0 Å². The summed E-state index contributed by atoms with van der Waals surface area (Å²) in [6.45, 7) is 4.65. The van der Waals surface area contributed by atoms with Crippen LogP contribution in [0.5, 0.6) is 11.5 Å². The zero-order chi connectivity index (χ0) is 22.9.